The third-order valence-corrected chi connectivity index (χ3v) is 2.72. The molecule has 0 atom stereocenters. The monoisotopic (exact) mass is 185 g/mol. The summed E-state index contributed by atoms with van der Waals surface area (Å²) in [6, 6.07) is 0.407. The van der Waals surface area contributed by atoms with Crippen LogP contribution in [-0.2, 0) is 9.53 Å². The zero-order chi connectivity index (χ0) is 9.68. The van der Waals surface area contributed by atoms with Gasteiger partial charge in [-0.05, 0) is 38.0 Å². The Morgan fingerprint density at radius 2 is 2.00 bits per heavy atom. The predicted molar refractivity (Wildman–Crippen MR) is 51.2 cm³/mol. The van der Waals surface area contributed by atoms with E-state index in [1.807, 2.05) is 0 Å². The molecule has 1 aliphatic rings. The fraction of sp³-hybridized carbons (Fsp3) is 0.900. The molecule has 1 rings (SSSR count). The van der Waals surface area contributed by atoms with Crippen LogP contribution in [-0.4, -0.2) is 18.6 Å². The first-order valence-electron chi connectivity index (χ1n) is 5.07. The lowest BCUT2D eigenvalue weighted by atomic mass is 9.85. The van der Waals surface area contributed by atoms with Crippen LogP contribution in [0, 0.1) is 5.92 Å². The first-order valence-corrected chi connectivity index (χ1v) is 5.07. The van der Waals surface area contributed by atoms with E-state index in [0.29, 0.717) is 12.6 Å². The molecule has 0 aliphatic heterocycles. The van der Waals surface area contributed by atoms with Crippen molar-refractivity contribution in [2.45, 2.75) is 45.1 Å². The summed E-state index contributed by atoms with van der Waals surface area (Å²) in [5.41, 5.74) is 5.79. The molecule has 0 saturated heterocycles. The molecule has 76 valence electrons. The van der Waals surface area contributed by atoms with Crippen LogP contribution in [0.1, 0.15) is 39.0 Å². The van der Waals surface area contributed by atoms with Crippen LogP contribution < -0.4 is 5.73 Å². The maximum atomic E-state index is 10.5. The Morgan fingerprint density at radius 1 is 1.38 bits per heavy atom. The van der Waals surface area contributed by atoms with Gasteiger partial charge in [0.2, 0.25) is 0 Å². The molecule has 0 spiro atoms. The summed E-state index contributed by atoms with van der Waals surface area (Å²) in [5, 5.41) is 0. The number of hydrogen-bond donors (Lipinski definition) is 1. The van der Waals surface area contributed by atoms with Crippen LogP contribution in [0.5, 0.6) is 0 Å². The number of carbonyl (C=O) groups excluding carboxylic acids is 1. The van der Waals surface area contributed by atoms with Crippen molar-refractivity contribution >= 4 is 5.97 Å². The molecule has 2 N–H and O–H groups in total. The van der Waals surface area contributed by atoms with Crippen molar-refractivity contribution in [3.05, 3.63) is 0 Å². The molecule has 0 bridgehead atoms. The van der Waals surface area contributed by atoms with Gasteiger partial charge < -0.3 is 10.5 Å². The number of ether oxygens (including phenoxy) is 1. The Kier molecular flexibility index (Phi) is 4.22. The number of hydrogen-bond acceptors (Lipinski definition) is 3. The van der Waals surface area contributed by atoms with E-state index in [2.05, 4.69) is 0 Å². The molecule has 1 fully saturated rings. The topological polar surface area (TPSA) is 52.3 Å². The number of esters is 1. The fourth-order valence-corrected chi connectivity index (χ4v) is 1.85. The van der Waals surface area contributed by atoms with Crippen molar-refractivity contribution in [2.75, 3.05) is 6.61 Å². The smallest absolute Gasteiger partial charge is 0.302 e. The fourth-order valence-electron chi connectivity index (χ4n) is 1.85. The lowest BCUT2D eigenvalue weighted by Gasteiger charge is -2.25. The lowest BCUT2D eigenvalue weighted by molar-refractivity contribution is -0.141. The second-order valence-corrected chi connectivity index (χ2v) is 3.91. The Balaban J connectivity index is 2.05. The average molecular weight is 185 g/mol. The minimum absolute atomic E-state index is 0.174. The highest BCUT2D eigenvalue weighted by Gasteiger charge is 2.18. The van der Waals surface area contributed by atoms with E-state index in [9.17, 15) is 4.79 Å². The Labute approximate surface area is 79.6 Å². The zero-order valence-corrected chi connectivity index (χ0v) is 8.29. The van der Waals surface area contributed by atoms with Crippen LogP contribution in [0.2, 0.25) is 0 Å². The average Bonchev–Trinajstić information content (AvgIpc) is 2.08. The molecule has 0 heterocycles. The number of rotatable bonds is 3. The second-order valence-electron chi connectivity index (χ2n) is 3.91. The minimum atomic E-state index is -0.174. The van der Waals surface area contributed by atoms with E-state index in [-0.39, 0.29) is 5.97 Å². The quantitative estimate of drug-likeness (QED) is 0.677. The van der Waals surface area contributed by atoms with Gasteiger partial charge in [-0.1, -0.05) is 0 Å². The van der Waals surface area contributed by atoms with Crippen molar-refractivity contribution in [1.82, 2.24) is 0 Å². The van der Waals surface area contributed by atoms with Crippen molar-refractivity contribution < 1.29 is 9.53 Å². The van der Waals surface area contributed by atoms with E-state index < -0.39 is 0 Å². The molecule has 1 saturated carbocycles. The zero-order valence-electron chi connectivity index (χ0n) is 8.29. The summed E-state index contributed by atoms with van der Waals surface area (Å²) in [4.78, 5) is 10.5. The molecule has 3 nitrogen and oxygen atoms in total. The first-order chi connectivity index (χ1) is 6.18. The Morgan fingerprint density at radius 3 is 2.54 bits per heavy atom. The predicted octanol–water partition coefficient (Wildman–Crippen LogP) is 1.46. The highest BCUT2D eigenvalue weighted by molar-refractivity contribution is 5.65. The standard InChI is InChI=1S/C10H19NO2/c1-8(12)13-7-6-9-2-4-10(11)5-3-9/h9-10H,2-7,11H2,1H3/t9-,10-. The summed E-state index contributed by atoms with van der Waals surface area (Å²) in [6.07, 6.45) is 5.66. The minimum Gasteiger partial charge on any atom is -0.466 e. The maximum Gasteiger partial charge on any atom is 0.302 e. The van der Waals surface area contributed by atoms with E-state index >= 15 is 0 Å². The van der Waals surface area contributed by atoms with Gasteiger partial charge in [0.05, 0.1) is 6.61 Å². The summed E-state index contributed by atoms with van der Waals surface area (Å²) in [7, 11) is 0. The van der Waals surface area contributed by atoms with Gasteiger partial charge >= 0.3 is 5.97 Å². The van der Waals surface area contributed by atoms with Gasteiger partial charge in [-0.2, -0.15) is 0 Å². The largest absolute Gasteiger partial charge is 0.466 e. The summed E-state index contributed by atoms with van der Waals surface area (Å²) in [5.74, 6) is 0.548. The van der Waals surface area contributed by atoms with Gasteiger partial charge in [-0.15, -0.1) is 0 Å². The van der Waals surface area contributed by atoms with Gasteiger partial charge in [0, 0.05) is 13.0 Å². The lowest BCUT2D eigenvalue weighted by Crippen LogP contribution is -2.27. The Bertz CT molecular complexity index is 162. The molecule has 0 unspecified atom stereocenters. The normalized spacial score (nSPS) is 28.5. The van der Waals surface area contributed by atoms with Crippen LogP contribution in [0.15, 0.2) is 0 Å². The maximum absolute atomic E-state index is 10.5. The van der Waals surface area contributed by atoms with Crippen LogP contribution in [0.4, 0.5) is 0 Å². The summed E-state index contributed by atoms with van der Waals surface area (Å²) >= 11 is 0. The van der Waals surface area contributed by atoms with Crippen LogP contribution in [0.25, 0.3) is 0 Å². The molecule has 0 aromatic carbocycles. The van der Waals surface area contributed by atoms with E-state index in [4.69, 9.17) is 10.5 Å². The summed E-state index contributed by atoms with van der Waals surface area (Å²) < 4.78 is 4.90. The van der Waals surface area contributed by atoms with E-state index in [1.54, 1.807) is 0 Å². The molecular weight excluding hydrogens is 166 g/mol. The van der Waals surface area contributed by atoms with E-state index in [0.717, 1.165) is 25.2 Å². The van der Waals surface area contributed by atoms with Gasteiger partial charge in [-0.25, -0.2) is 0 Å². The molecule has 0 radical (unpaired) electrons. The van der Waals surface area contributed by atoms with Crippen molar-refractivity contribution in [2.24, 2.45) is 11.7 Å². The van der Waals surface area contributed by atoms with Crippen LogP contribution >= 0.6 is 0 Å². The molecule has 0 aromatic heterocycles. The van der Waals surface area contributed by atoms with Gasteiger partial charge in [0.15, 0.2) is 0 Å². The number of nitrogens with two attached hydrogens (primary N) is 1. The number of carbonyl (C=O) groups is 1. The first kappa shape index (κ1) is 10.5. The highest BCUT2D eigenvalue weighted by Crippen LogP contribution is 2.25. The Hall–Kier alpha value is -0.570. The van der Waals surface area contributed by atoms with Gasteiger partial charge in [0.25, 0.3) is 0 Å². The third-order valence-electron chi connectivity index (χ3n) is 2.72. The van der Waals surface area contributed by atoms with Crippen LogP contribution in [0.3, 0.4) is 0 Å². The van der Waals surface area contributed by atoms with Crippen molar-refractivity contribution in [1.29, 1.82) is 0 Å². The molecule has 0 amide bonds. The van der Waals surface area contributed by atoms with Gasteiger partial charge in [0.1, 0.15) is 0 Å². The molecule has 0 aromatic rings. The third kappa shape index (κ3) is 4.27. The highest BCUT2D eigenvalue weighted by atomic mass is 16.5. The molecule has 13 heavy (non-hydrogen) atoms. The van der Waals surface area contributed by atoms with Crippen molar-refractivity contribution in [3.63, 3.8) is 0 Å². The van der Waals surface area contributed by atoms with Gasteiger partial charge in [-0.3, -0.25) is 4.79 Å². The second kappa shape index (κ2) is 5.22. The molecule has 3 heteroatoms. The van der Waals surface area contributed by atoms with Crippen molar-refractivity contribution in [3.8, 4) is 0 Å². The van der Waals surface area contributed by atoms with E-state index in [1.165, 1.54) is 19.8 Å². The SMILES string of the molecule is CC(=O)OCC[C@H]1CC[C@H](N)CC1. The summed E-state index contributed by atoms with van der Waals surface area (Å²) in [6.45, 7) is 2.03. The molecular formula is C10H19NO2. The molecule has 1 aliphatic carbocycles.